The maximum Gasteiger partial charge on any atom is 0.287 e. The molecule has 0 unspecified atom stereocenters. The summed E-state index contributed by atoms with van der Waals surface area (Å²) in [5, 5.41) is 5.72. The SMILES string of the molecule is Cc1nc(-c2ccc(C(=O)NCc3ccccc3)o2)cs1. The highest BCUT2D eigenvalue weighted by atomic mass is 32.1. The summed E-state index contributed by atoms with van der Waals surface area (Å²) in [6.45, 7) is 2.41. The van der Waals surface area contributed by atoms with E-state index in [4.69, 9.17) is 4.42 Å². The van der Waals surface area contributed by atoms with Crippen LogP contribution in [0, 0.1) is 6.92 Å². The zero-order chi connectivity index (χ0) is 14.7. The van der Waals surface area contributed by atoms with E-state index in [-0.39, 0.29) is 5.91 Å². The van der Waals surface area contributed by atoms with Crippen molar-refractivity contribution in [3.05, 3.63) is 64.2 Å². The van der Waals surface area contributed by atoms with Gasteiger partial charge in [-0.2, -0.15) is 0 Å². The molecule has 106 valence electrons. The van der Waals surface area contributed by atoms with E-state index >= 15 is 0 Å². The lowest BCUT2D eigenvalue weighted by Crippen LogP contribution is -2.22. The fraction of sp³-hybridized carbons (Fsp3) is 0.125. The molecular weight excluding hydrogens is 284 g/mol. The van der Waals surface area contributed by atoms with Gasteiger partial charge in [0.05, 0.1) is 5.01 Å². The van der Waals surface area contributed by atoms with Gasteiger partial charge in [0.2, 0.25) is 0 Å². The fourth-order valence-corrected chi connectivity index (χ4v) is 2.54. The van der Waals surface area contributed by atoms with Crippen LogP contribution in [0.1, 0.15) is 21.1 Å². The Bertz CT molecular complexity index is 746. The van der Waals surface area contributed by atoms with Crippen molar-refractivity contribution in [2.45, 2.75) is 13.5 Å². The number of rotatable bonds is 4. The van der Waals surface area contributed by atoms with Gasteiger partial charge < -0.3 is 9.73 Å². The van der Waals surface area contributed by atoms with Gasteiger partial charge in [-0.15, -0.1) is 11.3 Å². The van der Waals surface area contributed by atoms with Gasteiger partial charge in [-0.05, 0) is 24.6 Å². The molecule has 1 aromatic carbocycles. The molecule has 4 nitrogen and oxygen atoms in total. The van der Waals surface area contributed by atoms with Crippen molar-refractivity contribution in [2.75, 3.05) is 0 Å². The van der Waals surface area contributed by atoms with Gasteiger partial charge in [-0.1, -0.05) is 30.3 Å². The Hall–Kier alpha value is -2.40. The molecule has 2 heterocycles. The fourth-order valence-electron chi connectivity index (χ4n) is 1.94. The molecule has 0 aliphatic heterocycles. The van der Waals surface area contributed by atoms with E-state index in [0.717, 1.165) is 16.3 Å². The summed E-state index contributed by atoms with van der Waals surface area (Å²) < 4.78 is 5.57. The minimum atomic E-state index is -0.225. The minimum Gasteiger partial charge on any atom is -0.449 e. The van der Waals surface area contributed by atoms with E-state index < -0.39 is 0 Å². The van der Waals surface area contributed by atoms with Gasteiger partial charge in [0.25, 0.3) is 5.91 Å². The van der Waals surface area contributed by atoms with Crippen LogP contribution in [-0.4, -0.2) is 10.9 Å². The summed E-state index contributed by atoms with van der Waals surface area (Å²) >= 11 is 1.55. The molecule has 1 amide bonds. The van der Waals surface area contributed by atoms with Crippen molar-refractivity contribution in [1.82, 2.24) is 10.3 Å². The maximum atomic E-state index is 12.0. The number of carbonyl (C=O) groups is 1. The normalized spacial score (nSPS) is 10.5. The van der Waals surface area contributed by atoms with Crippen molar-refractivity contribution >= 4 is 17.2 Å². The van der Waals surface area contributed by atoms with Gasteiger partial charge in [-0.25, -0.2) is 4.98 Å². The molecule has 0 saturated heterocycles. The Kier molecular flexibility index (Phi) is 3.83. The highest BCUT2D eigenvalue weighted by Crippen LogP contribution is 2.23. The molecule has 0 atom stereocenters. The first-order valence-electron chi connectivity index (χ1n) is 6.57. The third-order valence-electron chi connectivity index (χ3n) is 3.00. The van der Waals surface area contributed by atoms with Gasteiger partial charge in [-0.3, -0.25) is 4.79 Å². The first-order chi connectivity index (χ1) is 10.2. The molecule has 0 bridgehead atoms. The maximum absolute atomic E-state index is 12.0. The van der Waals surface area contributed by atoms with Gasteiger partial charge >= 0.3 is 0 Å². The van der Waals surface area contributed by atoms with Crippen molar-refractivity contribution in [3.8, 4) is 11.5 Å². The summed E-state index contributed by atoms with van der Waals surface area (Å²) in [6.07, 6.45) is 0. The largest absolute Gasteiger partial charge is 0.449 e. The van der Waals surface area contributed by atoms with Crippen LogP contribution < -0.4 is 5.32 Å². The molecule has 0 aliphatic carbocycles. The zero-order valence-corrected chi connectivity index (χ0v) is 12.3. The highest BCUT2D eigenvalue weighted by molar-refractivity contribution is 7.09. The van der Waals surface area contributed by atoms with Gasteiger partial charge in [0, 0.05) is 11.9 Å². The van der Waals surface area contributed by atoms with E-state index in [1.165, 1.54) is 0 Å². The first kappa shape index (κ1) is 13.6. The Morgan fingerprint density at radius 3 is 2.76 bits per heavy atom. The Balaban J connectivity index is 1.67. The van der Waals surface area contributed by atoms with E-state index in [1.54, 1.807) is 23.5 Å². The summed E-state index contributed by atoms with van der Waals surface area (Å²) in [5.41, 5.74) is 1.81. The Labute approximate surface area is 126 Å². The van der Waals surface area contributed by atoms with Gasteiger partial charge in [0.1, 0.15) is 5.69 Å². The molecule has 0 saturated carbocycles. The van der Waals surface area contributed by atoms with Crippen molar-refractivity contribution < 1.29 is 9.21 Å². The van der Waals surface area contributed by atoms with Crippen LogP contribution in [-0.2, 0) is 6.54 Å². The van der Waals surface area contributed by atoms with Crippen LogP contribution in [0.5, 0.6) is 0 Å². The quantitative estimate of drug-likeness (QED) is 0.800. The summed E-state index contributed by atoms with van der Waals surface area (Å²) in [4.78, 5) is 16.4. The third-order valence-corrected chi connectivity index (χ3v) is 3.77. The molecule has 3 aromatic rings. The number of hydrogen-bond donors (Lipinski definition) is 1. The first-order valence-corrected chi connectivity index (χ1v) is 7.45. The zero-order valence-electron chi connectivity index (χ0n) is 11.5. The van der Waals surface area contributed by atoms with Crippen LogP contribution in [0.2, 0.25) is 0 Å². The number of carbonyl (C=O) groups excluding carboxylic acids is 1. The number of nitrogens with zero attached hydrogens (tertiary/aromatic N) is 1. The van der Waals surface area contributed by atoms with E-state index in [9.17, 15) is 4.79 Å². The number of nitrogens with one attached hydrogen (secondary N) is 1. The van der Waals surface area contributed by atoms with E-state index in [2.05, 4.69) is 10.3 Å². The average molecular weight is 298 g/mol. The molecule has 0 spiro atoms. The standard InChI is InChI=1S/C16H14N2O2S/c1-11-18-13(10-21-11)14-7-8-15(20-14)16(19)17-9-12-5-3-2-4-6-12/h2-8,10H,9H2,1H3,(H,17,19). The minimum absolute atomic E-state index is 0.225. The molecular formula is C16H14N2O2S. The number of hydrogen-bond acceptors (Lipinski definition) is 4. The number of aryl methyl sites for hydroxylation is 1. The second kappa shape index (κ2) is 5.93. The molecule has 1 N–H and O–H groups in total. The molecule has 2 aromatic heterocycles. The predicted molar refractivity (Wildman–Crippen MR) is 82.2 cm³/mol. The molecule has 0 radical (unpaired) electrons. The van der Waals surface area contributed by atoms with Crippen LogP contribution in [0.4, 0.5) is 0 Å². The van der Waals surface area contributed by atoms with Crippen molar-refractivity contribution in [2.24, 2.45) is 0 Å². The third kappa shape index (κ3) is 3.20. The number of thiazole rings is 1. The van der Waals surface area contributed by atoms with Crippen LogP contribution in [0.25, 0.3) is 11.5 Å². The molecule has 5 heteroatoms. The van der Waals surface area contributed by atoms with Crippen LogP contribution in [0.3, 0.4) is 0 Å². The summed E-state index contributed by atoms with van der Waals surface area (Å²) in [7, 11) is 0. The lowest BCUT2D eigenvalue weighted by atomic mass is 10.2. The van der Waals surface area contributed by atoms with E-state index in [0.29, 0.717) is 18.1 Å². The second-order valence-corrected chi connectivity index (χ2v) is 5.65. The van der Waals surface area contributed by atoms with Gasteiger partial charge in [0.15, 0.2) is 11.5 Å². The topological polar surface area (TPSA) is 55.1 Å². The summed E-state index contributed by atoms with van der Waals surface area (Å²) in [6, 6.07) is 13.2. The molecule has 0 fully saturated rings. The number of amides is 1. The number of benzene rings is 1. The van der Waals surface area contributed by atoms with Crippen LogP contribution in [0.15, 0.2) is 52.3 Å². The lowest BCUT2D eigenvalue weighted by Gasteiger charge is -2.02. The molecule has 0 aliphatic rings. The smallest absolute Gasteiger partial charge is 0.287 e. The lowest BCUT2D eigenvalue weighted by molar-refractivity contribution is 0.0924. The number of aromatic nitrogens is 1. The van der Waals surface area contributed by atoms with Crippen molar-refractivity contribution in [3.63, 3.8) is 0 Å². The predicted octanol–water partition coefficient (Wildman–Crippen LogP) is 3.64. The monoisotopic (exact) mass is 298 g/mol. The van der Waals surface area contributed by atoms with Crippen LogP contribution >= 0.6 is 11.3 Å². The molecule has 21 heavy (non-hydrogen) atoms. The highest BCUT2D eigenvalue weighted by Gasteiger charge is 2.13. The summed E-state index contributed by atoms with van der Waals surface area (Å²) in [5.74, 6) is 0.688. The van der Waals surface area contributed by atoms with E-state index in [1.807, 2.05) is 42.6 Å². The number of furan rings is 1. The molecule has 3 rings (SSSR count). The average Bonchev–Trinajstić information content (AvgIpc) is 3.14. The van der Waals surface area contributed by atoms with Crippen molar-refractivity contribution in [1.29, 1.82) is 0 Å². The Morgan fingerprint density at radius 2 is 2.05 bits per heavy atom. The second-order valence-electron chi connectivity index (χ2n) is 4.58. The Morgan fingerprint density at radius 1 is 1.24 bits per heavy atom.